The summed E-state index contributed by atoms with van der Waals surface area (Å²) >= 11 is 0.994. The lowest BCUT2D eigenvalue weighted by molar-refractivity contribution is 0.360. The normalized spacial score (nSPS) is 17.0. The highest BCUT2D eigenvalue weighted by molar-refractivity contribution is 7.71. The van der Waals surface area contributed by atoms with Gasteiger partial charge >= 0.3 is 15.9 Å². The molecule has 0 saturated carbocycles. The van der Waals surface area contributed by atoms with Gasteiger partial charge in [-0.15, -0.1) is 16.2 Å². The van der Waals surface area contributed by atoms with Crippen LogP contribution in [0.5, 0.6) is 0 Å². The van der Waals surface area contributed by atoms with Gasteiger partial charge in [0.15, 0.2) is 0 Å². The summed E-state index contributed by atoms with van der Waals surface area (Å²) in [6.45, 7) is 0. The van der Waals surface area contributed by atoms with E-state index in [2.05, 4.69) is 4.31 Å². The van der Waals surface area contributed by atoms with E-state index in [1.54, 1.807) is 11.4 Å². The van der Waals surface area contributed by atoms with Gasteiger partial charge in [0.25, 0.3) is 0 Å². The van der Waals surface area contributed by atoms with Gasteiger partial charge in [0, 0.05) is 4.57 Å². The van der Waals surface area contributed by atoms with Gasteiger partial charge in [0.05, 0.1) is 0 Å². The van der Waals surface area contributed by atoms with Crippen LogP contribution in [0.2, 0.25) is 0 Å². The van der Waals surface area contributed by atoms with Crippen LogP contribution in [0.1, 0.15) is 0 Å². The van der Waals surface area contributed by atoms with E-state index in [1.807, 2.05) is 0 Å². The molecular formula is C4H5O5P2S+. The molecule has 1 aromatic rings. The van der Waals surface area contributed by atoms with Crippen molar-refractivity contribution >= 4 is 31.8 Å². The molecule has 1 aromatic heterocycles. The number of hydrogen-bond acceptors (Lipinski definition) is 4. The van der Waals surface area contributed by atoms with Crippen LogP contribution in [0.4, 0.5) is 0 Å². The number of thiophene rings is 1. The second-order valence-electron chi connectivity index (χ2n) is 1.79. The van der Waals surface area contributed by atoms with Crippen LogP contribution in [0.15, 0.2) is 17.5 Å². The van der Waals surface area contributed by atoms with Crippen LogP contribution in [0.3, 0.4) is 0 Å². The molecule has 12 heavy (non-hydrogen) atoms. The predicted molar refractivity (Wildman–Crippen MR) is 44.7 cm³/mol. The molecule has 0 aliphatic heterocycles. The maximum atomic E-state index is 11.1. The highest BCUT2D eigenvalue weighted by Crippen LogP contribution is 2.49. The van der Waals surface area contributed by atoms with Crippen LogP contribution >= 0.6 is 27.2 Å². The standard InChI is InChI=1S/C4H4O5P2S/c5-10(6)9-11(7,8)4-2-1-3-12-4/h1-3H,(H-,5,6,7,8)/p+1. The molecule has 0 aliphatic carbocycles. The molecule has 66 valence electrons. The van der Waals surface area contributed by atoms with Crippen molar-refractivity contribution in [1.29, 1.82) is 0 Å². The topological polar surface area (TPSA) is 83.8 Å². The Bertz CT molecular complexity index is 320. The third kappa shape index (κ3) is 2.45. The molecule has 0 fully saturated rings. The fraction of sp³-hybridized carbons (Fsp3) is 0. The average Bonchev–Trinajstić information content (AvgIpc) is 2.32. The molecule has 2 unspecified atom stereocenters. The number of rotatable bonds is 3. The zero-order valence-electron chi connectivity index (χ0n) is 5.65. The van der Waals surface area contributed by atoms with Gasteiger partial charge in [-0.25, -0.2) is 4.57 Å². The monoisotopic (exact) mass is 227 g/mol. The van der Waals surface area contributed by atoms with E-state index in [-0.39, 0.29) is 4.62 Å². The zero-order chi connectivity index (χ0) is 9.19. The second kappa shape index (κ2) is 3.75. The van der Waals surface area contributed by atoms with E-state index < -0.39 is 15.9 Å². The van der Waals surface area contributed by atoms with Crippen LogP contribution in [-0.4, -0.2) is 9.79 Å². The molecule has 2 N–H and O–H groups in total. The molecule has 0 amide bonds. The summed E-state index contributed by atoms with van der Waals surface area (Å²) in [5, 5.41) is 1.58. The van der Waals surface area contributed by atoms with Crippen molar-refractivity contribution in [2.45, 2.75) is 0 Å². The summed E-state index contributed by atoms with van der Waals surface area (Å²) in [5.74, 6) is 0. The van der Waals surface area contributed by atoms with Crippen molar-refractivity contribution in [3.63, 3.8) is 0 Å². The molecule has 0 spiro atoms. The fourth-order valence-electron chi connectivity index (χ4n) is 0.566. The summed E-state index contributed by atoms with van der Waals surface area (Å²) in [4.78, 5) is 17.3. The Morgan fingerprint density at radius 1 is 1.67 bits per heavy atom. The van der Waals surface area contributed by atoms with Crippen LogP contribution < -0.4 is 4.62 Å². The third-order valence-electron chi connectivity index (χ3n) is 0.965. The molecular weight excluding hydrogens is 222 g/mol. The lowest BCUT2D eigenvalue weighted by atomic mass is 10.7. The largest absolute Gasteiger partial charge is 0.704 e. The summed E-state index contributed by atoms with van der Waals surface area (Å²) < 4.78 is 25.2. The van der Waals surface area contributed by atoms with Crippen LogP contribution in [0, 0.1) is 0 Å². The average molecular weight is 227 g/mol. The van der Waals surface area contributed by atoms with Crippen LogP contribution in [0.25, 0.3) is 0 Å². The highest BCUT2D eigenvalue weighted by atomic mass is 32.1. The summed E-state index contributed by atoms with van der Waals surface area (Å²) in [6, 6.07) is 2.92. The minimum atomic E-state index is -4.07. The first-order valence-corrected chi connectivity index (χ1v) is 6.34. The minimum absolute atomic E-state index is 0.0555. The fourth-order valence-corrected chi connectivity index (χ4v) is 3.39. The zero-order valence-corrected chi connectivity index (χ0v) is 8.26. The summed E-state index contributed by atoms with van der Waals surface area (Å²) in [6.07, 6.45) is 0. The molecule has 8 heteroatoms. The Kier molecular flexibility index (Phi) is 3.12. The quantitative estimate of drug-likeness (QED) is 0.758. The molecule has 0 aliphatic rings. The molecule has 1 rings (SSSR count). The molecule has 5 nitrogen and oxygen atoms in total. The smallest absolute Gasteiger partial charge is 0.318 e. The Morgan fingerprint density at radius 2 is 2.33 bits per heavy atom. The Balaban J connectivity index is 2.87. The summed E-state index contributed by atoms with van der Waals surface area (Å²) in [5.41, 5.74) is 0. The maximum Gasteiger partial charge on any atom is 0.704 e. The first kappa shape index (κ1) is 9.99. The van der Waals surface area contributed by atoms with Crippen LogP contribution in [-0.2, 0) is 13.4 Å². The SMILES string of the molecule is O=[P+](O)OP(=O)(O)c1cccs1. The van der Waals surface area contributed by atoms with E-state index in [9.17, 15) is 9.13 Å². The molecule has 2 atom stereocenters. The van der Waals surface area contributed by atoms with Gasteiger partial charge in [0.2, 0.25) is 0 Å². The molecule has 1 heterocycles. The van der Waals surface area contributed by atoms with Gasteiger partial charge in [-0.05, 0) is 15.8 Å². The van der Waals surface area contributed by atoms with Crippen molar-refractivity contribution < 1.29 is 23.2 Å². The lowest BCUT2D eigenvalue weighted by Crippen LogP contribution is -1.97. The Labute approximate surface area is 73.1 Å². The van der Waals surface area contributed by atoms with E-state index >= 15 is 0 Å². The van der Waals surface area contributed by atoms with Gasteiger partial charge in [-0.3, -0.25) is 0 Å². The van der Waals surface area contributed by atoms with E-state index in [0.29, 0.717) is 0 Å². The number of hydrogen-bond donors (Lipinski definition) is 2. The van der Waals surface area contributed by atoms with Crippen molar-refractivity contribution in [3.8, 4) is 0 Å². The van der Waals surface area contributed by atoms with Gasteiger partial charge in [-0.2, -0.15) is 0 Å². The van der Waals surface area contributed by atoms with Gasteiger partial charge in [0.1, 0.15) is 4.62 Å². The van der Waals surface area contributed by atoms with E-state index in [1.165, 1.54) is 6.07 Å². The third-order valence-corrected chi connectivity index (χ3v) is 4.79. The highest BCUT2D eigenvalue weighted by Gasteiger charge is 2.35. The molecule has 0 radical (unpaired) electrons. The first-order valence-electron chi connectivity index (χ1n) is 2.75. The van der Waals surface area contributed by atoms with Crippen molar-refractivity contribution in [1.82, 2.24) is 0 Å². The van der Waals surface area contributed by atoms with Crippen molar-refractivity contribution in [2.24, 2.45) is 0 Å². The summed E-state index contributed by atoms with van der Waals surface area (Å²) in [7, 11) is -7.12. The molecule has 0 bridgehead atoms. The lowest BCUT2D eigenvalue weighted by Gasteiger charge is -1.97. The first-order chi connectivity index (χ1) is 5.52. The van der Waals surface area contributed by atoms with Gasteiger partial charge < -0.3 is 4.89 Å². The molecule has 0 aromatic carbocycles. The van der Waals surface area contributed by atoms with Gasteiger partial charge in [-0.1, -0.05) is 6.07 Å². The van der Waals surface area contributed by atoms with Crippen molar-refractivity contribution in [3.05, 3.63) is 17.5 Å². The minimum Gasteiger partial charge on any atom is -0.318 e. The molecule has 0 saturated heterocycles. The maximum absolute atomic E-state index is 11.1. The van der Waals surface area contributed by atoms with E-state index in [0.717, 1.165) is 11.3 Å². The van der Waals surface area contributed by atoms with Crippen molar-refractivity contribution in [2.75, 3.05) is 0 Å². The Morgan fingerprint density at radius 3 is 2.75 bits per heavy atom. The predicted octanol–water partition coefficient (Wildman–Crippen LogP) is 1.23. The van der Waals surface area contributed by atoms with E-state index in [4.69, 9.17) is 9.79 Å². The second-order valence-corrected chi connectivity index (χ2v) is 5.69. The Hall–Kier alpha value is -0.0900.